The van der Waals surface area contributed by atoms with E-state index in [0.29, 0.717) is 17.3 Å². The van der Waals surface area contributed by atoms with Crippen molar-refractivity contribution < 1.29 is 4.79 Å². The maximum atomic E-state index is 11.6. The molecule has 0 aliphatic rings. The Morgan fingerprint density at radius 2 is 2.11 bits per heavy atom. The van der Waals surface area contributed by atoms with Gasteiger partial charge in [0.25, 0.3) is 5.91 Å². The van der Waals surface area contributed by atoms with Gasteiger partial charge < -0.3 is 16.4 Å². The zero-order valence-electron chi connectivity index (χ0n) is 12.1. The summed E-state index contributed by atoms with van der Waals surface area (Å²) in [6.45, 7) is 4.34. The quantitative estimate of drug-likeness (QED) is 0.523. The van der Waals surface area contributed by atoms with Crippen molar-refractivity contribution in [3.8, 4) is 0 Å². The van der Waals surface area contributed by atoms with Crippen LogP contribution < -0.4 is 16.4 Å². The number of nitrogen functional groups attached to an aromatic ring is 1. The number of carbonyl (C=O) groups is 1. The average Bonchev–Trinajstić information content (AvgIpc) is 2.40. The van der Waals surface area contributed by atoms with Gasteiger partial charge in [-0.1, -0.05) is 26.2 Å². The summed E-state index contributed by atoms with van der Waals surface area (Å²) >= 11 is 0. The number of nitrogens with one attached hydrogen (secondary N) is 2. The molecular formula is C15H25N3O. The number of unbranched alkanes of at least 4 members (excludes halogenated alkanes) is 2. The summed E-state index contributed by atoms with van der Waals surface area (Å²) in [6.07, 6.45) is 4.79. The van der Waals surface area contributed by atoms with Gasteiger partial charge in [-0.3, -0.25) is 4.79 Å². The highest BCUT2D eigenvalue weighted by Gasteiger charge is 2.09. The van der Waals surface area contributed by atoms with Crippen LogP contribution in [0.3, 0.4) is 0 Å². The van der Waals surface area contributed by atoms with Crippen molar-refractivity contribution in [2.75, 3.05) is 18.1 Å². The van der Waals surface area contributed by atoms with Crippen LogP contribution in [0.1, 0.15) is 49.9 Å². The van der Waals surface area contributed by atoms with E-state index in [1.807, 2.05) is 6.07 Å². The minimum absolute atomic E-state index is 0.0957. The van der Waals surface area contributed by atoms with Crippen LogP contribution in [-0.2, 0) is 0 Å². The normalized spacial score (nSPS) is 11.9. The van der Waals surface area contributed by atoms with Crippen LogP contribution in [0.2, 0.25) is 0 Å². The van der Waals surface area contributed by atoms with Crippen molar-refractivity contribution >= 4 is 17.3 Å². The van der Waals surface area contributed by atoms with E-state index in [9.17, 15) is 4.79 Å². The number of amides is 1. The summed E-state index contributed by atoms with van der Waals surface area (Å²) in [5, 5.41) is 6.00. The molecule has 1 rings (SSSR count). The minimum atomic E-state index is -0.0957. The van der Waals surface area contributed by atoms with E-state index < -0.39 is 0 Å². The lowest BCUT2D eigenvalue weighted by Gasteiger charge is -2.17. The lowest BCUT2D eigenvalue weighted by molar-refractivity contribution is 0.0963. The zero-order valence-corrected chi connectivity index (χ0v) is 12.1. The van der Waals surface area contributed by atoms with Crippen molar-refractivity contribution in [2.24, 2.45) is 0 Å². The number of nitrogens with two attached hydrogens (primary N) is 1. The molecule has 4 nitrogen and oxygen atoms in total. The van der Waals surface area contributed by atoms with Gasteiger partial charge in [-0.25, -0.2) is 0 Å². The van der Waals surface area contributed by atoms with Crippen LogP contribution in [0.5, 0.6) is 0 Å². The first-order chi connectivity index (χ1) is 9.08. The molecule has 1 aromatic carbocycles. The van der Waals surface area contributed by atoms with Crippen molar-refractivity contribution in [2.45, 2.75) is 45.6 Å². The van der Waals surface area contributed by atoms with E-state index in [4.69, 9.17) is 5.73 Å². The van der Waals surface area contributed by atoms with Crippen LogP contribution in [0.25, 0.3) is 0 Å². The Kier molecular flexibility index (Phi) is 6.19. The van der Waals surface area contributed by atoms with Crippen LogP contribution in [0.15, 0.2) is 18.2 Å². The molecule has 0 spiro atoms. The van der Waals surface area contributed by atoms with Gasteiger partial charge in [0.1, 0.15) is 0 Å². The van der Waals surface area contributed by atoms with Gasteiger partial charge in [-0.2, -0.15) is 0 Å². The zero-order chi connectivity index (χ0) is 14.3. The molecule has 0 fully saturated rings. The largest absolute Gasteiger partial charge is 0.397 e. The first kappa shape index (κ1) is 15.3. The number of carbonyl (C=O) groups excluding carboxylic acids is 1. The Morgan fingerprint density at radius 3 is 2.74 bits per heavy atom. The Hall–Kier alpha value is -1.71. The molecule has 1 unspecified atom stereocenters. The molecule has 0 aromatic heterocycles. The van der Waals surface area contributed by atoms with E-state index in [0.717, 1.165) is 12.1 Å². The van der Waals surface area contributed by atoms with Crippen molar-refractivity contribution in [1.82, 2.24) is 5.32 Å². The Bertz CT molecular complexity index is 418. The fourth-order valence-electron chi connectivity index (χ4n) is 2.01. The third kappa shape index (κ3) is 4.81. The molecule has 0 heterocycles. The van der Waals surface area contributed by atoms with Crippen LogP contribution in [-0.4, -0.2) is 19.0 Å². The van der Waals surface area contributed by atoms with Crippen LogP contribution in [0.4, 0.5) is 11.4 Å². The standard InChI is InChI=1S/C15H25N3O/c1-4-5-6-7-11(2)18-14-10-12(15(19)17-3)8-9-13(14)16/h8-11,18H,4-7,16H2,1-3H3,(H,17,19). The lowest BCUT2D eigenvalue weighted by atomic mass is 10.1. The van der Waals surface area contributed by atoms with E-state index in [1.165, 1.54) is 19.3 Å². The molecule has 0 bridgehead atoms. The summed E-state index contributed by atoms with van der Waals surface area (Å²) in [5.74, 6) is -0.0957. The summed E-state index contributed by atoms with van der Waals surface area (Å²) in [6, 6.07) is 5.67. The Labute approximate surface area is 115 Å². The van der Waals surface area contributed by atoms with Crippen LogP contribution >= 0.6 is 0 Å². The molecule has 4 N–H and O–H groups in total. The number of anilines is 2. The van der Waals surface area contributed by atoms with E-state index in [2.05, 4.69) is 24.5 Å². The summed E-state index contributed by atoms with van der Waals surface area (Å²) in [5.41, 5.74) is 8.08. The van der Waals surface area contributed by atoms with Gasteiger partial charge in [0, 0.05) is 18.7 Å². The van der Waals surface area contributed by atoms with Gasteiger partial charge in [-0.05, 0) is 31.5 Å². The number of hydrogen-bond donors (Lipinski definition) is 3. The van der Waals surface area contributed by atoms with Crippen molar-refractivity contribution in [3.05, 3.63) is 23.8 Å². The van der Waals surface area contributed by atoms with Gasteiger partial charge in [0.05, 0.1) is 11.4 Å². The van der Waals surface area contributed by atoms with E-state index in [-0.39, 0.29) is 5.91 Å². The molecule has 106 valence electrons. The number of hydrogen-bond acceptors (Lipinski definition) is 3. The first-order valence-corrected chi connectivity index (χ1v) is 6.96. The molecule has 1 aromatic rings. The third-order valence-corrected chi connectivity index (χ3v) is 3.19. The van der Waals surface area contributed by atoms with Gasteiger partial charge >= 0.3 is 0 Å². The smallest absolute Gasteiger partial charge is 0.251 e. The topological polar surface area (TPSA) is 67.2 Å². The molecule has 0 aliphatic heterocycles. The number of rotatable bonds is 7. The fourth-order valence-corrected chi connectivity index (χ4v) is 2.01. The second-order valence-electron chi connectivity index (χ2n) is 4.92. The highest BCUT2D eigenvalue weighted by Crippen LogP contribution is 2.22. The van der Waals surface area contributed by atoms with Crippen LogP contribution in [0, 0.1) is 0 Å². The van der Waals surface area contributed by atoms with Gasteiger partial charge in [-0.15, -0.1) is 0 Å². The molecule has 19 heavy (non-hydrogen) atoms. The van der Waals surface area contributed by atoms with Gasteiger partial charge in [0.2, 0.25) is 0 Å². The third-order valence-electron chi connectivity index (χ3n) is 3.19. The average molecular weight is 263 g/mol. The summed E-state index contributed by atoms with van der Waals surface area (Å²) in [7, 11) is 1.62. The Morgan fingerprint density at radius 1 is 1.37 bits per heavy atom. The monoisotopic (exact) mass is 263 g/mol. The van der Waals surface area contributed by atoms with Gasteiger partial charge in [0.15, 0.2) is 0 Å². The molecule has 0 saturated heterocycles. The maximum absolute atomic E-state index is 11.6. The second-order valence-corrected chi connectivity index (χ2v) is 4.92. The highest BCUT2D eigenvalue weighted by atomic mass is 16.1. The molecule has 0 aliphatic carbocycles. The maximum Gasteiger partial charge on any atom is 0.251 e. The summed E-state index contributed by atoms with van der Waals surface area (Å²) in [4.78, 5) is 11.6. The SMILES string of the molecule is CCCCCC(C)Nc1cc(C(=O)NC)ccc1N. The highest BCUT2D eigenvalue weighted by molar-refractivity contribution is 5.96. The summed E-state index contributed by atoms with van der Waals surface area (Å²) < 4.78 is 0. The molecule has 0 saturated carbocycles. The lowest BCUT2D eigenvalue weighted by Crippen LogP contribution is -2.20. The number of benzene rings is 1. The molecule has 4 heteroatoms. The molecular weight excluding hydrogens is 238 g/mol. The van der Waals surface area contributed by atoms with Crippen molar-refractivity contribution in [1.29, 1.82) is 0 Å². The molecule has 0 radical (unpaired) electrons. The Balaban J connectivity index is 2.68. The van der Waals surface area contributed by atoms with E-state index in [1.54, 1.807) is 19.2 Å². The predicted molar refractivity (Wildman–Crippen MR) is 81.5 cm³/mol. The molecule has 1 atom stereocenters. The first-order valence-electron chi connectivity index (χ1n) is 6.96. The predicted octanol–water partition coefficient (Wildman–Crippen LogP) is 3.01. The van der Waals surface area contributed by atoms with Crippen molar-refractivity contribution in [3.63, 3.8) is 0 Å². The minimum Gasteiger partial charge on any atom is -0.397 e. The van der Waals surface area contributed by atoms with E-state index >= 15 is 0 Å². The fraction of sp³-hybridized carbons (Fsp3) is 0.533. The molecule has 1 amide bonds. The second kappa shape index (κ2) is 7.67.